The molecule has 2 atom stereocenters. The lowest BCUT2D eigenvalue weighted by Crippen LogP contribution is -2.33. The SMILES string of the molecule is Cc1c(C(C)NC2CNC(=O)C2)sc2ccccc12. The lowest BCUT2D eigenvalue weighted by Gasteiger charge is -2.17. The number of nitrogens with one attached hydrogen (secondary N) is 2. The van der Waals surface area contributed by atoms with E-state index in [1.54, 1.807) is 0 Å². The van der Waals surface area contributed by atoms with Gasteiger partial charge in [0.25, 0.3) is 0 Å². The molecule has 0 radical (unpaired) electrons. The number of benzene rings is 1. The first-order valence-corrected chi connectivity index (χ1v) is 7.47. The molecule has 2 aromatic rings. The smallest absolute Gasteiger partial charge is 0.221 e. The summed E-state index contributed by atoms with van der Waals surface area (Å²) in [5, 5.41) is 7.77. The van der Waals surface area contributed by atoms with Gasteiger partial charge in [-0.2, -0.15) is 0 Å². The summed E-state index contributed by atoms with van der Waals surface area (Å²) in [6, 6.07) is 9.06. The van der Waals surface area contributed by atoms with E-state index in [0.29, 0.717) is 6.42 Å². The minimum Gasteiger partial charge on any atom is -0.354 e. The molecule has 0 saturated carbocycles. The van der Waals surface area contributed by atoms with Crippen LogP contribution >= 0.6 is 11.3 Å². The summed E-state index contributed by atoms with van der Waals surface area (Å²) in [4.78, 5) is 12.6. The van der Waals surface area contributed by atoms with Crippen LogP contribution in [0.5, 0.6) is 0 Å². The van der Waals surface area contributed by atoms with Crippen molar-refractivity contribution in [3.8, 4) is 0 Å². The topological polar surface area (TPSA) is 41.1 Å². The summed E-state index contributed by atoms with van der Waals surface area (Å²) in [5.41, 5.74) is 1.36. The molecule has 0 spiro atoms. The predicted molar refractivity (Wildman–Crippen MR) is 79.5 cm³/mol. The lowest BCUT2D eigenvalue weighted by molar-refractivity contribution is -0.119. The van der Waals surface area contributed by atoms with Gasteiger partial charge in [0.15, 0.2) is 0 Å². The predicted octanol–water partition coefficient (Wildman–Crippen LogP) is 2.75. The Bertz CT molecular complexity index is 620. The minimum atomic E-state index is 0.151. The molecule has 19 heavy (non-hydrogen) atoms. The Balaban J connectivity index is 1.83. The third-order valence-corrected chi connectivity index (χ3v) is 5.19. The number of hydrogen-bond acceptors (Lipinski definition) is 3. The van der Waals surface area contributed by atoms with Crippen LogP contribution < -0.4 is 10.6 Å². The maximum absolute atomic E-state index is 11.2. The zero-order valence-corrected chi connectivity index (χ0v) is 12.0. The van der Waals surface area contributed by atoms with Crippen molar-refractivity contribution in [3.63, 3.8) is 0 Å². The number of amides is 1. The van der Waals surface area contributed by atoms with E-state index in [1.807, 2.05) is 11.3 Å². The zero-order valence-electron chi connectivity index (χ0n) is 11.2. The lowest BCUT2D eigenvalue weighted by atomic mass is 10.1. The molecule has 1 saturated heterocycles. The maximum atomic E-state index is 11.2. The van der Waals surface area contributed by atoms with Crippen molar-refractivity contribution in [1.29, 1.82) is 0 Å². The Hall–Kier alpha value is -1.39. The summed E-state index contributed by atoms with van der Waals surface area (Å²) in [6.07, 6.45) is 0.592. The van der Waals surface area contributed by atoms with Gasteiger partial charge in [0.1, 0.15) is 0 Å². The fourth-order valence-corrected chi connectivity index (χ4v) is 3.98. The molecule has 1 aromatic heterocycles. The van der Waals surface area contributed by atoms with Crippen molar-refractivity contribution in [2.24, 2.45) is 0 Å². The normalized spacial score (nSPS) is 20.7. The molecule has 2 N–H and O–H groups in total. The highest BCUT2D eigenvalue weighted by Gasteiger charge is 2.24. The molecule has 1 aromatic carbocycles. The van der Waals surface area contributed by atoms with Crippen molar-refractivity contribution in [3.05, 3.63) is 34.7 Å². The number of carbonyl (C=O) groups is 1. The van der Waals surface area contributed by atoms with Crippen LogP contribution in [0.25, 0.3) is 10.1 Å². The summed E-state index contributed by atoms with van der Waals surface area (Å²) in [7, 11) is 0. The second-order valence-electron chi connectivity index (χ2n) is 5.18. The standard InChI is InChI=1S/C15H18N2OS/c1-9-12-5-3-4-6-13(12)19-15(9)10(2)17-11-7-14(18)16-8-11/h3-6,10-11,17H,7-8H2,1-2H3,(H,16,18). The van der Waals surface area contributed by atoms with Gasteiger partial charge in [-0.05, 0) is 30.9 Å². The monoisotopic (exact) mass is 274 g/mol. The molecule has 4 heteroatoms. The van der Waals surface area contributed by atoms with Crippen LogP contribution in [0, 0.1) is 6.92 Å². The molecule has 2 heterocycles. The second-order valence-corrected chi connectivity index (χ2v) is 6.26. The Morgan fingerprint density at radius 3 is 2.89 bits per heavy atom. The van der Waals surface area contributed by atoms with E-state index in [0.717, 1.165) is 6.54 Å². The summed E-state index contributed by atoms with van der Waals surface area (Å²) in [5.74, 6) is 0.151. The molecule has 1 amide bonds. The molecule has 3 rings (SSSR count). The van der Waals surface area contributed by atoms with E-state index in [9.17, 15) is 4.79 Å². The number of aryl methyl sites for hydroxylation is 1. The van der Waals surface area contributed by atoms with E-state index in [1.165, 1.54) is 20.5 Å². The third kappa shape index (κ3) is 2.38. The fourth-order valence-electron chi connectivity index (χ4n) is 2.76. The fraction of sp³-hybridized carbons (Fsp3) is 0.400. The van der Waals surface area contributed by atoms with Gasteiger partial charge in [0.2, 0.25) is 5.91 Å². The second kappa shape index (κ2) is 4.94. The molecule has 2 unspecified atom stereocenters. The van der Waals surface area contributed by atoms with E-state index in [-0.39, 0.29) is 18.0 Å². The molecule has 0 aliphatic carbocycles. The number of hydrogen-bond donors (Lipinski definition) is 2. The van der Waals surface area contributed by atoms with Crippen LogP contribution in [0.4, 0.5) is 0 Å². The summed E-state index contributed by atoms with van der Waals surface area (Å²) >= 11 is 1.85. The highest BCUT2D eigenvalue weighted by Crippen LogP contribution is 2.34. The van der Waals surface area contributed by atoms with Crippen LogP contribution in [-0.2, 0) is 4.79 Å². The Kier molecular flexibility index (Phi) is 3.29. The first-order chi connectivity index (χ1) is 9.15. The van der Waals surface area contributed by atoms with Gasteiger partial charge in [-0.3, -0.25) is 4.79 Å². The van der Waals surface area contributed by atoms with Gasteiger partial charge < -0.3 is 10.6 Å². The van der Waals surface area contributed by atoms with E-state index in [2.05, 4.69) is 48.7 Å². The maximum Gasteiger partial charge on any atom is 0.221 e. The molecule has 100 valence electrons. The van der Waals surface area contributed by atoms with Gasteiger partial charge in [-0.1, -0.05) is 18.2 Å². The van der Waals surface area contributed by atoms with Gasteiger partial charge in [0.05, 0.1) is 0 Å². The molecular weight excluding hydrogens is 256 g/mol. The Morgan fingerprint density at radius 2 is 2.21 bits per heavy atom. The van der Waals surface area contributed by atoms with Gasteiger partial charge in [0, 0.05) is 34.6 Å². The average Bonchev–Trinajstić information content (AvgIpc) is 2.94. The zero-order chi connectivity index (χ0) is 13.4. The van der Waals surface area contributed by atoms with Gasteiger partial charge in [-0.15, -0.1) is 11.3 Å². The van der Waals surface area contributed by atoms with Crippen molar-refractivity contribution in [2.75, 3.05) is 6.54 Å². The number of fused-ring (bicyclic) bond motifs is 1. The largest absolute Gasteiger partial charge is 0.354 e. The van der Waals surface area contributed by atoms with Crippen LogP contribution in [-0.4, -0.2) is 18.5 Å². The van der Waals surface area contributed by atoms with Crippen molar-refractivity contribution in [1.82, 2.24) is 10.6 Å². The molecule has 1 aliphatic rings. The highest BCUT2D eigenvalue weighted by molar-refractivity contribution is 7.19. The number of thiophene rings is 1. The highest BCUT2D eigenvalue weighted by atomic mass is 32.1. The van der Waals surface area contributed by atoms with E-state index < -0.39 is 0 Å². The third-order valence-electron chi connectivity index (χ3n) is 3.74. The minimum absolute atomic E-state index is 0.151. The van der Waals surface area contributed by atoms with Crippen molar-refractivity contribution in [2.45, 2.75) is 32.4 Å². The quantitative estimate of drug-likeness (QED) is 0.903. The summed E-state index contributed by atoms with van der Waals surface area (Å²) in [6.45, 7) is 5.11. The van der Waals surface area contributed by atoms with E-state index >= 15 is 0 Å². The van der Waals surface area contributed by atoms with Crippen molar-refractivity contribution >= 4 is 27.3 Å². The number of rotatable bonds is 3. The van der Waals surface area contributed by atoms with Crippen molar-refractivity contribution < 1.29 is 4.79 Å². The summed E-state index contributed by atoms with van der Waals surface area (Å²) < 4.78 is 1.34. The molecule has 1 fully saturated rings. The van der Waals surface area contributed by atoms with Crippen LogP contribution in [0.3, 0.4) is 0 Å². The Labute approximate surface area is 117 Å². The van der Waals surface area contributed by atoms with Gasteiger partial charge >= 0.3 is 0 Å². The molecule has 3 nitrogen and oxygen atoms in total. The molecule has 0 bridgehead atoms. The number of carbonyl (C=O) groups excluding carboxylic acids is 1. The van der Waals surface area contributed by atoms with Crippen LogP contribution in [0.1, 0.15) is 29.8 Å². The molecular formula is C15H18N2OS. The van der Waals surface area contributed by atoms with Crippen LogP contribution in [0.2, 0.25) is 0 Å². The Morgan fingerprint density at radius 1 is 1.42 bits per heavy atom. The first-order valence-electron chi connectivity index (χ1n) is 6.66. The molecule has 1 aliphatic heterocycles. The van der Waals surface area contributed by atoms with Crippen LogP contribution in [0.15, 0.2) is 24.3 Å². The average molecular weight is 274 g/mol. The van der Waals surface area contributed by atoms with Gasteiger partial charge in [-0.25, -0.2) is 0 Å². The first kappa shape index (κ1) is 12.6. The van der Waals surface area contributed by atoms with E-state index in [4.69, 9.17) is 0 Å².